The van der Waals surface area contributed by atoms with Crippen LogP contribution in [-0.4, -0.2) is 43.0 Å². The van der Waals surface area contributed by atoms with Crippen molar-refractivity contribution in [3.8, 4) is 0 Å². The molecule has 0 radical (unpaired) electrons. The standard InChI is InChI=1S/C12H18N2O3S2/c1-12(2)11(15)14(19(12,16)17)8-7-13-6-5-10-4-3-9-18-10/h3-4,9,13H,5-8H2,1-2H3. The normalized spacial score (nSPS) is 20.3. The number of carbonyl (C=O) groups is 1. The van der Waals surface area contributed by atoms with E-state index < -0.39 is 14.8 Å². The first kappa shape index (κ1) is 14.5. The number of nitrogens with zero attached hydrogens (tertiary/aromatic N) is 1. The lowest BCUT2D eigenvalue weighted by atomic mass is 10.2. The Kier molecular flexibility index (Phi) is 3.98. The number of hydrogen-bond acceptors (Lipinski definition) is 5. The number of sulfonamides is 1. The highest BCUT2D eigenvalue weighted by Crippen LogP contribution is 2.34. The monoisotopic (exact) mass is 302 g/mol. The lowest BCUT2D eigenvalue weighted by Gasteiger charge is -2.43. The van der Waals surface area contributed by atoms with Crippen molar-refractivity contribution in [2.24, 2.45) is 0 Å². The molecule has 1 aliphatic rings. The zero-order valence-corrected chi connectivity index (χ0v) is 12.7. The molecule has 1 fully saturated rings. The van der Waals surface area contributed by atoms with E-state index >= 15 is 0 Å². The molecule has 0 aromatic carbocycles. The summed E-state index contributed by atoms with van der Waals surface area (Å²) in [5.41, 5.74) is 0. The topological polar surface area (TPSA) is 66.5 Å². The molecule has 1 aromatic rings. The van der Waals surface area contributed by atoms with E-state index in [0.717, 1.165) is 17.3 Å². The Morgan fingerprint density at radius 2 is 2.11 bits per heavy atom. The maximum Gasteiger partial charge on any atom is 0.258 e. The van der Waals surface area contributed by atoms with E-state index in [-0.39, 0.29) is 12.5 Å². The second-order valence-corrected chi connectivity index (χ2v) is 8.42. The quantitative estimate of drug-likeness (QED) is 0.791. The van der Waals surface area contributed by atoms with Crippen LogP contribution in [0.3, 0.4) is 0 Å². The fourth-order valence-electron chi connectivity index (χ4n) is 1.95. The van der Waals surface area contributed by atoms with Crippen molar-refractivity contribution in [2.45, 2.75) is 25.0 Å². The van der Waals surface area contributed by atoms with E-state index in [1.165, 1.54) is 18.7 Å². The van der Waals surface area contributed by atoms with Crippen LogP contribution in [0.1, 0.15) is 18.7 Å². The van der Waals surface area contributed by atoms with Gasteiger partial charge in [-0.05, 0) is 31.7 Å². The Bertz CT molecular complexity index is 550. The van der Waals surface area contributed by atoms with Crippen LogP contribution in [0.25, 0.3) is 0 Å². The van der Waals surface area contributed by atoms with E-state index in [0.29, 0.717) is 6.54 Å². The molecule has 0 saturated carbocycles. The summed E-state index contributed by atoms with van der Waals surface area (Å²) in [6.07, 6.45) is 0.920. The molecule has 2 heterocycles. The number of rotatable bonds is 6. The van der Waals surface area contributed by atoms with Crippen molar-refractivity contribution in [1.29, 1.82) is 0 Å². The van der Waals surface area contributed by atoms with Crippen LogP contribution >= 0.6 is 11.3 Å². The van der Waals surface area contributed by atoms with Crippen molar-refractivity contribution < 1.29 is 13.2 Å². The SMILES string of the molecule is CC1(C)C(=O)N(CCNCCc2cccs2)S1(=O)=O. The highest BCUT2D eigenvalue weighted by Gasteiger charge is 2.59. The molecule has 1 aromatic heterocycles. The minimum atomic E-state index is -3.43. The Hall–Kier alpha value is -0.920. The molecular formula is C12H18N2O3S2. The first-order chi connectivity index (χ1) is 8.87. The second-order valence-electron chi connectivity index (χ2n) is 4.97. The van der Waals surface area contributed by atoms with E-state index in [1.807, 2.05) is 11.4 Å². The maximum atomic E-state index is 11.8. The van der Waals surface area contributed by atoms with Gasteiger partial charge in [0, 0.05) is 24.5 Å². The largest absolute Gasteiger partial charge is 0.315 e. The maximum absolute atomic E-state index is 11.8. The molecule has 19 heavy (non-hydrogen) atoms. The molecule has 1 amide bonds. The molecule has 0 unspecified atom stereocenters. The fourth-order valence-corrected chi connectivity index (χ4v) is 4.19. The second kappa shape index (κ2) is 5.22. The van der Waals surface area contributed by atoms with Crippen molar-refractivity contribution in [1.82, 2.24) is 9.62 Å². The summed E-state index contributed by atoms with van der Waals surface area (Å²) in [6, 6.07) is 4.08. The number of hydrogen-bond donors (Lipinski definition) is 1. The first-order valence-electron chi connectivity index (χ1n) is 6.17. The van der Waals surface area contributed by atoms with Crippen LogP contribution in [0, 0.1) is 0 Å². The predicted molar refractivity (Wildman–Crippen MR) is 75.6 cm³/mol. The zero-order valence-electron chi connectivity index (χ0n) is 11.0. The van der Waals surface area contributed by atoms with E-state index in [1.54, 1.807) is 11.3 Å². The van der Waals surface area contributed by atoms with Crippen molar-refractivity contribution in [3.05, 3.63) is 22.4 Å². The number of nitrogens with one attached hydrogen (secondary N) is 1. The first-order valence-corrected chi connectivity index (χ1v) is 8.49. The molecule has 106 valence electrons. The molecule has 5 nitrogen and oxygen atoms in total. The van der Waals surface area contributed by atoms with Crippen LogP contribution in [0.5, 0.6) is 0 Å². The third kappa shape index (κ3) is 2.54. The molecule has 1 aliphatic heterocycles. The minimum absolute atomic E-state index is 0.217. The van der Waals surface area contributed by atoms with Crippen molar-refractivity contribution in [3.63, 3.8) is 0 Å². The van der Waals surface area contributed by atoms with Gasteiger partial charge in [0.15, 0.2) is 4.75 Å². The summed E-state index contributed by atoms with van der Waals surface area (Å²) < 4.78 is 23.3. The molecule has 0 spiro atoms. The van der Waals surface area contributed by atoms with Crippen LogP contribution in [0.2, 0.25) is 0 Å². The highest BCUT2D eigenvalue weighted by molar-refractivity contribution is 7.94. The molecule has 1 N–H and O–H groups in total. The summed E-state index contributed by atoms with van der Waals surface area (Å²) in [5, 5.41) is 5.19. The Balaban J connectivity index is 1.71. The molecule has 0 aliphatic carbocycles. The third-order valence-corrected chi connectivity index (χ3v) is 6.63. The lowest BCUT2D eigenvalue weighted by molar-refractivity contribution is -0.132. The Morgan fingerprint density at radius 1 is 1.37 bits per heavy atom. The summed E-state index contributed by atoms with van der Waals surface area (Å²) >= 11 is 1.70. The summed E-state index contributed by atoms with van der Waals surface area (Å²) in [7, 11) is -3.43. The van der Waals surface area contributed by atoms with Crippen LogP contribution < -0.4 is 5.32 Å². The van der Waals surface area contributed by atoms with Crippen LogP contribution in [0.4, 0.5) is 0 Å². The number of thiophene rings is 1. The van der Waals surface area contributed by atoms with Gasteiger partial charge >= 0.3 is 0 Å². The smallest absolute Gasteiger partial charge is 0.258 e. The van der Waals surface area contributed by atoms with Gasteiger partial charge in [0.1, 0.15) is 0 Å². The van der Waals surface area contributed by atoms with Gasteiger partial charge < -0.3 is 5.32 Å². The molecular weight excluding hydrogens is 284 g/mol. The van der Waals surface area contributed by atoms with Crippen molar-refractivity contribution >= 4 is 27.3 Å². The Labute approximate surface area is 117 Å². The van der Waals surface area contributed by atoms with Gasteiger partial charge in [-0.1, -0.05) is 6.07 Å². The van der Waals surface area contributed by atoms with Gasteiger partial charge in [-0.25, -0.2) is 12.7 Å². The summed E-state index contributed by atoms with van der Waals surface area (Å²) in [5.74, 6) is -0.312. The summed E-state index contributed by atoms with van der Waals surface area (Å²) in [4.78, 5) is 13.0. The molecule has 0 bridgehead atoms. The average molecular weight is 302 g/mol. The zero-order chi connectivity index (χ0) is 14.1. The highest BCUT2D eigenvalue weighted by atomic mass is 32.2. The van der Waals surface area contributed by atoms with Gasteiger partial charge in [-0.15, -0.1) is 11.3 Å². The third-order valence-electron chi connectivity index (χ3n) is 3.30. The summed E-state index contributed by atoms with van der Waals surface area (Å²) in [6.45, 7) is 4.39. The van der Waals surface area contributed by atoms with Gasteiger partial charge in [0.05, 0.1) is 0 Å². The molecule has 0 atom stereocenters. The number of amides is 1. The Morgan fingerprint density at radius 3 is 2.68 bits per heavy atom. The van der Waals surface area contributed by atoms with Gasteiger partial charge in [0.25, 0.3) is 15.9 Å². The minimum Gasteiger partial charge on any atom is -0.315 e. The molecule has 7 heteroatoms. The van der Waals surface area contributed by atoms with Crippen LogP contribution in [-0.2, 0) is 21.2 Å². The predicted octanol–water partition coefficient (Wildman–Crippen LogP) is 0.831. The van der Waals surface area contributed by atoms with Gasteiger partial charge in [-0.3, -0.25) is 4.79 Å². The number of carbonyl (C=O) groups excluding carboxylic acids is 1. The molecule has 1 saturated heterocycles. The van der Waals surface area contributed by atoms with Gasteiger partial charge in [-0.2, -0.15) is 0 Å². The fraction of sp³-hybridized carbons (Fsp3) is 0.583. The lowest BCUT2D eigenvalue weighted by Crippen LogP contribution is -2.68. The van der Waals surface area contributed by atoms with E-state index in [9.17, 15) is 13.2 Å². The van der Waals surface area contributed by atoms with E-state index in [2.05, 4.69) is 11.4 Å². The van der Waals surface area contributed by atoms with Gasteiger partial charge in [0.2, 0.25) is 0 Å². The van der Waals surface area contributed by atoms with Crippen molar-refractivity contribution in [2.75, 3.05) is 19.6 Å². The van der Waals surface area contributed by atoms with E-state index in [4.69, 9.17) is 0 Å². The molecule has 2 rings (SSSR count). The average Bonchev–Trinajstić information content (AvgIpc) is 2.85. The van der Waals surface area contributed by atoms with Crippen LogP contribution in [0.15, 0.2) is 17.5 Å².